The molecule has 0 aromatic carbocycles. The highest BCUT2D eigenvalue weighted by Gasteiger charge is 2.14. The molecule has 0 amide bonds. The van der Waals surface area contributed by atoms with E-state index in [2.05, 4.69) is 4.98 Å². The van der Waals surface area contributed by atoms with Crippen molar-refractivity contribution in [2.45, 2.75) is 13.8 Å². The number of rotatable bonds is 1. The molecule has 0 saturated carbocycles. The standard InChI is InChI=1S/C8H7Cl3N2/c1-3-5(7(10)12)8(11)13-4(2)6(3)9/h12H,1-2H3. The molecule has 0 saturated heterocycles. The summed E-state index contributed by atoms with van der Waals surface area (Å²) < 4.78 is 0. The number of aromatic nitrogens is 1. The molecule has 1 heterocycles. The van der Waals surface area contributed by atoms with E-state index in [4.69, 9.17) is 40.2 Å². The first-order valence-corrected chi connectivity index (χ1v) is 4.65. The molecule has 1 rings (SSSR count). The SMILES string of the molecule is Cc1nc(Cl)c(C(=N)Cl)c(C)c1Cl. The van der Waals surface area contributed by atoms with E-state index in [1.165, 1.54) is 0 Å². The van der Waals surface area contributed by atoms with Gasteiger partial charge in [0, 0.05) is 0 Å². The first kappa shape index (κ1) is 10.8. The summed E-state index contributed by atoms with van der Waals surface area (Å²) in [6, 6.07) is 0. The maximum absolute atomic E-state index is 7.27. The Bertz CT molecular complexity index is 374. The van der Waals surface area contributed by atoms with E-state index in [9.17, 15) is 0 Å². The Morgan fingerprint density at radius 2 is 1.85 bits per heavy atom. The van der Waals surface area contributed by atoms with Crippen LogP contribution in [0.25, 0.3) is 0 Å². The van der Waals surface area contributed by atoms with E-state index in [-0.39, 0.29) is 10.3 Å². The molecule has 1 N–H and O–H groups in total. The van der Waals surface area contributed by atoms with Crippen LogP contribution in [0.1, 0.15) is 16.8 Å². The zero-order valence-electron chi connectivity index (χ0n) is 7.08. The number of halogens is 3. The fourth-order valence-electron chi connectivity index (χ4n) is 1.04. The van der Waals surface area contributed by atoms with Crippen molar-refractivity contribution in [3.8, 4) is 0 Å². The van der Waals surface area contributed by atoms with E-state index < -0.39 is 0 Å². The molecule has 13 heavy (non-hydrogen) atoms. The van der Waals surface area contributed by atoms with Crippen LogP contribution in [0.15, 0.2) is 0 Å². The van der Waals surface area contributed by atoms with Crippen LogP contribution < -0.4 is 0 Å². The minimum absolute atomic E-state index is 0.142. The molecule has 0 bridgehead atoms. The molecule has 0 aliphatic carbocycles. The summed E-state index contributed by atoms with van der Waals surface area (Å²) in [5.74, 6) is 0. The zero-order chi connectivity index (χ0) is 10.2. The summed E-state index contributed by atoms with van der Waals surface area (Å²) >= 11 is 17.3. The molecule has 0 spiro atoms. The second-order valence-corrected chi connectivity index (χ2v) is 3.73. The predicted molar refractivity (Wildman–Crippen MR) is 56.4 cm³/mol. The van der Waals surface area contributed by atoms with Gasteiger partial charge in [0.2, 0.25) is 0 Å². The van der Waals surface area contributed by atoms with Crippen molar-refractivity contribution in [1.29, 1.82) is 5.41 Å². The normalized spacial score (nSPS) is 10.2. The molecule has 0 radical (unpaired) electrons. The minimum atomic E-state index is -0.142. The number of hydrogen-bond acceptors (Lipinski definition) is 2. The van der Waals surface area contributed by atoms with Crippen molar-refractivity contribution in [3.63, 3.8) is 0 Å². The lowest BCUT2D eigenvalue weighted by Gasteiger charge is -2.08. The fourth-order valence-corrected chi connectivity index (χ4v) is 1.82. The van der Waals surface area contributed by atoms with Crippen molar-refractivity contribution in [1.82, 2.24) is 4.98 Å². The number of nitrogens with zero attached hydrogens (tertiary/aromatic N) is 1. The highest BCUT2D eigenvalue weighted by molar-refractivity contribution is 6.69. The van der Waals surface area contributed by atoms with Crippen LogP contribution in [0.5, 0.6) is 0 Å². The molecule has 2 nitrogen and oxygen atoms in total. The van der Waals surface area contributed by atoms with Gasteiger partial charge in [-0.05, 0) is 19.4 Å². The van der Waals surface area contributed by atoms with Gasteiger partial charge in [-0.2, -0.15) is 0 Å². The summed E-state index contributed by atoms with van der Waals surface area (Å²) in [5.41, 5.74) is 1.74. The van der Waals surface area contributed by atoms with Gasteiger partial charge in [0.15, 0.2) is 0 Å². The van der Waals surface area contributed by atoms with Gasteiger partial charge in [-0.3, -0.25) is 5.41 Å². The van der Waals surface area contributed by atoms with E-state index >= 15 is 0 Å². The average Bonchev–Trinajstić information content (AvgIpc) is 1.99. The summed E-state index contributed by atoms with van der Waals surface area (Å²) in [7, 11) is 0. The van der Waals surface area contributed by atoms with E-state index in [0.29, 0.717) is 21.8 Å². The van der Waals surface area contributed by atoms with Gasteiger partial charge < -0.3 is 0 Å². The zero-order valence-corrected chi connectivity index (χ0v) is 9.35. The minimum Gasteiger partial charge on any atom is -0.289 e. The average molecular weight is 238 g/mol. The van der Waals surface area contributed by atoms with Gasteiger partial charge >= 0.3 is 0 Å². The Morgan fingerprint density at radius 3 is 2.31 bits per heavy atom. The first-order valence-electron chi connectivity index (χ1n) is 3.51. The molecular weight excluding hydrogens is 230 g/mol. The lowest BCUT2D eigenvalue weighted by molar-refractivity contribution is 1.17. The van der Waals surface area contributed by atoms with Crippen molar-refractivity contribution >= 4 is 40.0 Å². The number of nitrogens with one attached hydrogen (secondary N) is 1. The number of aryl methyl sites for hydroxylation is 1. The number of hydrogen-bond donors (Lipinski definition) is 1. The van der Waals surface area contributed by atoms with Gasteiger partial charge in [0.1, 0.15) is 10.3 Å². The van der Waals surface area contributed by atoms with Crippen LogP contribution in [0.2, 0.25) is 10.2 Å². The van der Waals surface area contributed by atoms with Crippen LogP contribution in [0.3, 0.4) is 0 Å². The third kappa shape index (κ3) is 1.96. The van der Waals surface area contributed by atoms with Gasteiger partial charge in [-0.1, -0.05) is 34.8 Å². The molecule has 0 unspecified atom stereocenters. The van der Waals surface area contributed by atoms with E-state index in [1.807, 2.05) is 0 Å². The van der Waals surface area contributed by atoms with Gasteiger partial charge in [0.05, 0.1) is 16.3 Å². The van der Waals surface area contributed by atoms with Crippen molar-refractivity contribution < 1.29 is 0 Å². The van der Waals surface area contributed by atoms with Crippen LogP contribution in [-0.4, -0.2) is 10.2 Å². The van der Waals surface area contributed by atoms with E-state index in [1.54, 1.807) is 13.8 Å². The van der Waals surface area contributed by atoms with Crippen LogP contribution >= 0.6 is 34.8 Å². The summed E-state index contributed by atoms with van der Waals surface area (Å²) in [4.78, 5) is 3.96. The highest BCUT2D eigenvalue weighted by atomic mass is 35.5. The molecule has 0 aliphatic rings. The van der Waals surface area contributed by atoms with Gasteiger partial charge in [-0.15, -0.1) is 0 Å². The summed E-state index contributed by atoms with van der Waals surface area (Å²) in [6.07, 6.45) is 0. The Labute approximate surface area is 91.3 Å². The summed E-state index contributed by atoms with van der Waals surface area (Å²) in [6.45, 7) is 3.51. The quantitative estimate of drug-likeness (QED) is 0.588. The molecular formula is C8H7Cl3N2. The highest BCUT2D eigenvalue weighted by Crippen LogP contribution is 2.27. The van der Waals surface area contributed by atoms with Gasteiger partial charge in [-0.25, -0.2) is 4.98 Å². The predicted octanol–water partition coefficient (Wildman–Crippen LogP) is 3.57. The van der Waals surface area contributed by atoms with Crippen molar-refractivity contribution in [2.24, 2.45) is 0 Å². The molecule has 70 valence electrons. The first-order chi connectivity index (χ1) is 5.95. The topological polar surface area (TPSA) is 36.7 Å². The Balaban J connectivity index is 3.53. The lowest BCUT2D eigenvalue weighted by atomic mass is 10.1. The van der Waals surface area contributed by atoms with Crippen LogP contribution in [0.4, 0.5) is 0 Å². The molecule has 0 fully saturated rings. The molecule has 1 aromatic rings. The maximum atomic E-state index is 7.27. The van der Waals surface area contributed by atoms with Crippen LogP contribution in [0, 0.1) is 19.3 Å². The van der Waals surface area contributed by atoms with Gasteiger partial charge in [0.25, 0.3) is 0 Å². The lowest BCUT2D eigenvalue weighted by Crippen LogP contribution is -2.00. The summed E-state index contributed by atoms with van der Waals surface area (Å²) in [5, 5.41) is 7.85. The molecule has 0 aliphatic heterocycles. The maximum Gasteiger partial charge on any atom is 0.139 e. The third-order valence-electron chi connectivity index (χ3n) is 1.71. The fraction of sp³-hybridized carbons (Fsp3) is 0.250. The molecule has 5 heteroatoms. The molecule has 0 atom stereocenters. The monoisotopic (exact) mass is 236 g/mol. The largest absolute Gasteiger partial charge is 0.289 e. The smallest absolute Gasteiger partial charge is 0.139 e. The van der Waals surface area contributed by atoms with Crippen molar-refractivity contribution in [3.05, 3.63) is 27.0 Å². The second kappa shape index (κ2) is 3.82. The Morgan fingerprint density at radius 1 is 1.31 bits per heavy atom. The molecule has 1 aromatic heterocycles. The van der Waals surface area contributed by atoms with Crippen molar-refractivity contribution in [2.75, 3.05) is 0 Å². The Hall–Kier alpha value is -0.310. The third-order valence-corrected chi connectivity index (χ3v) is 2.73. The van der Waals surface area contributed by atoms with Crippen LogP contribution in [-0.2, 0) is 0 Å². The number of pyridine rings is 1. The second-order valence-electron chi connectivity index (χ2n) is 2.62. The Kier molecular flexibility index (Phi) is 3.17. The van der Waals surface area contributed by atoms with E-state index in [0.717, 1.165) is 0 Å².